The van der Waals surface area contributed by atoms with E-state index in [1.807, 2.05) is 13.0 Å². The van der Waals surface area contributed by atoms with Gasteiger partial charge in [0, 0.05) is 6.20 Å². The first-order valence-corrected chi connectivity index (χ1v) is 9.15. The van der Waals surface area contributed by atoms with E-state index in [1.165, 1.54) is 0 Å². The lowest BCUT2D eigenvalue weighted by Gasteiger charge is -2.19. The van der Waals surface area contributed by atoms with Crippen LogP contribution in [-0.4, -0.2) is 28.2 Å². The molecule has 0 aliphatic rings. The Balaban J connectivity index is 2.61. The van der Waals surface area contributed by atoms with Gasteiger partial charge in [0.25, 0.3) is 0 Å². The van der Waals surface area contributed by atoms with E-state index >= 15 is 0 Å². The van der Waals surface area contributed by atoms with Crippen LogP contribution in [-0.2, 0) is 12.8 Å². The summed E-state index contributed by atoms with van der Waals surface area (Å²) in [6.07, 6.45) is 5.37. The zero-order valence-electron chi connectivity index (χ0n) is 16.2. The average Bonchev–Trinajstić information content (AvgIpc) is 2.65. The number of pyridine rings is 1. The van der Waals surface area contributed by atoms with Gasteiger partial charge >= 0.3 is 0 Å². The van der Waals surface area contributed by atoms with Crippen LogP contribution in [0.3, 0.4) is 0 Å². The maximum Gasteiger partial charge on any atom is 0.236 e. The zero-order valence-corrected chi connectivity index (χ0v) is 16.2. The molecule has 0 aliphatic heterocycles. The van der Waals surface area contributed by atoms with Crippen LogP contribution >= 0.6 is 0 Å². The fourth-order valence-corrected chi connectivity index (χ4v) is 2.85. The van der Waals surface area contributed by atoms with Crippen molar-refractivity contribution in [1.82, 2.24) is 15.0 Å². The summed E-state index contributed by atoms with van der Waals surface area (Å²) >= 11 is 0. The number of aryl methyl sites for hydroxylation is 3. The molecule has 0 saturated heterocycles. The Kier molecular flexibility index (Phi) is 6.73. The molecule has 0 amide bonds. The van der Waals surface area contributed by atoms with Gasteiger partial charge in [0.2, 0.25) is 11.8 Å². The molecule has 136 valence electrons. The van der Waals surface area contributed by atoms with Crippen molar-refractivity contribution in [1.29, 1.82) is 0 Å². The number of ether oxygens (including phenoxy) is 2. The van der Waals surface area contributed by atoms with Crippen LogP contribution in [0.1, 0.15) is 57.5 Å². The Morgan fingerprint density at radius 2 is 1.64 bits per heavy atom. The lowest BCUT2D eigenvalue weighted by molar-refractivity contribution is 0.181. The van der Waals surface area contributed by atoms with Crippen LogP contribution in [0, 0.1) is 6.92 Å². The zero-order chi connectivity index (χ0) is 18.4. The summed E-state index contributed by atoms with van der Waals surface area (Å²) in [6, 6.07) is 1.97. The summed E-state index contributed by atoms with van der Waals surface area (Å²) in [5.74, 6) is 1.25. The maximum absolute atomic E-state index is 6.13. The Labute approximate surface area is 150 Å². The van der Waals surface area contributed by atoms with Crippen molar-refractivity contribution >= 4 is 0 Å². The topological polar surface area (TPSA) is 57.1 Å². The van der Waals surface area contributed by atoms with E-state index in [-0.39, 0.29) is 6.10 Å². The molecule has 0 unspecified atom stereocenters. The van der Waals surface area contributed by atoms with E-state index in [0.717, 1.165) is 53.9 Å². The van der Waals surface area contributed by atoms with Gasteiger partial charge in [-0.1, -0.05) is 27.7 Å². The van der Waals surface area contributed by atoms with Gasteiger partial charge < -0.3 is 9.47 Å². The lowest BCUT2D eigenvalue weighted by atomic mass is 10.0. The second kappa shape index (κ2) is 8.79. The van der Waals surface area contributed by atoms with Crippen molar-refractivity contribution in [2.75, 3.05) is 7.11 Å². The lowest BCUT2D eigenvalue weighted by Crippen LogP contribution is -2.17. The molecular formula is C20H29N3O2. The summed E-state index contributed by atoms with van der Waals surface area (Å²) in [5.41, 5.74) is 4.63. The van der Waals surface area contributed by atoms with Gasteiger partial charge in [-0.3, -0.25) is 0 Å². The van der Waals surface area contributed by atoms with Gasteiger partial charge in [-0.2, -0.15) is 0 Å². The van der Waals surface area contributed by atoms with Crippen LogP contribution in [0.25, 0.3) is 11.3 Å². The molecule has 2 aromatic rings. The first kappa shape index (κ1) is 19.2. The van der Waals surface area contributed by atoms with Crippen molar-refractivity contribution in [2.45, 2.75) is 66.4 Å². The minimum atomic E-state index is 0.171. The number of rotatable bonds is 8. The van der Waals surface area contributed by atoms with Crippen molar-refractivity contribution in [3.05, 3.63) is 29.2 Å². The fraction of sp³-hybridized carbons (Fsp3) is 0.550. The molecule has 5 heteroatoms. The minimum absolute atomic E-state index is 0.171. The van der Waals surface area contributed by atoms with Gasteiger partial charge in [0.05, 0.1) is 30.2 Å². The fourth-order valence-electron chi connectivity index (χ4n) is 2.85. The molecule has 25 heavy (non-hydrogen) atoms. The van der Waals surface area contributed by atoms with Crippen LogP contribution < -0.4 is 9.47 Å². The highest BCUT2D eigenvalue weighted by Gasteiger charge is 2.21. The summed E-state index contributed by atoms with van der Waals surface area (Å²) in [4.78, 5) is 14.1. The molecule has 0 saturated carbocycles. The van der Waals surface area contributed by atoms with Crippen LogP contribution in [0.4, 0.5) is 0 Å². The highest BCUT2D eigenvalue weighted by Crippen LogP contribution is 2.34. The Morgan fingerprint density at radius 3 is 2.20 bits per heavy atom. The monoisotopic (exact) mass is 343 g/mol. The van der Waals surface area contributed by atoms with Crippen molar-refractivity contribution < 1.29 is 9.47 Å². The standard InChI is InChI=1S/C20H29N3O2/c1-7-14(8-2)25-19-16(10-4)22-18(15(9-3)23-19)17-13(5)11-12-21-20(17)24-6/h11-12,14H,7-10H2,1-6H3. The Morgan fingerprint density at radius 1 is 0.960 bits per heavy atom. The second-order valence-electron chi connectivity index (χ2n) is 6.05. The number of hydrogen-bond donors (Lipinski definition) is 0. The van der Waals surface area contributed by atoms with E-state index in [1.54, 1.807) is 13.3 Å². The number of aromatic nitrogens is 3. The molecule has 0 aromatic carbocycles. The SMILES string of the molecule is CCc1nc(-c2c(C)ccnc2OC)c(CC)nc1OC(CC)CC. The van der Waals surface area contributed by atoms with Gasteiger partial charge in [-0.15, -0.1) is 0 Å². The van der Waals surface area contributed by atoms with Crippen LogP contribution in [0.5, 0.6) is 11.8 Å². The van der Waals surface area contributed by atoms with Crippen molar-refractivity contribution in [3.63, 3.8) is 0 Å². The molecule has 0 spiro atoms. The second-order valence-corrected chi connectivity index (χ2v) is 6.05. The summed E-state index contributed by atoms with van der Waals surface area (Å²) < 4.78 is 11.6. The van der Waals surface area contributed by atoms with Crippen molar-refractivity contribution in [3.8, 4) is 23.0 Å². The normalized spacial score (nSPS) is 11.0. The number of methoxy groups -OCH3 is 1. The first-order chi connectivity index (χ1) is 12.1. The van der Waals surface area contributed by atoms with Gasteiger partial charge in [-0.05, 0) is 44.2 Å². The van der Waals surface area contributed by atoms with Crippen molar-refractivity contribution in [2.24, 2.45) is 0 Å². The molecule has 0 aliphatic carbocycles. The summed E-state index contributed by atoms with van der Waals surface area (Å²) in [7, 11) is 1.63. The van der Waals surface area contributed by atoms with E-state index in [9.17, 15) is 0 Å². The molecule has 0 radical (unpaired) electrons. The van der Waals surface area contributed by atoms with Gasteiger partial charge in [0.1, 0.15) is 5.69 Å². The molecule has 0 atom stereocenters. The quantitative estimate of drug-likeness (QED) is 0.704. The predicted molar refractivity (Wildman–Crippen MR) is 100 cm³/mol. The highest BCUT2D eigenvalue weighted by atomic mass is 16.5. The molecule has 0 fully saturated rings. The molecule has 5 nitrogen and oxygen atoms in total. The summed E-state index contributed by atoms with van der Waals surface area (Å²) in [6.45, 7) is 10.5. The predicted octanol–water partition coefficient (Wildman–Crippen LogP) is 4.55. The molecule has 2 heterocycles. The average molecular weight is 343 g/mol. The van der Waals surface area contributed by atoms with E-state index in [0.29, 0.717) is 11.8 Å². The third-order valence-corrected chi connectivity index (χ3v) is 4.42. The Bertz CT molecular complexity index is 712. The maximum atomic E-state index is 6.13. The number of nitrogens with zero attached hydrogens (tertiary/aromatic N) is 3. The highest BCUT2D eigenvalue weighted by molar-refractivity contribution is 5.71. The molecule has 0 N–H and O–H groups in total. The minimum Gasteiger partial charge on any atom is -0.480 e. The molecule has 2 aromatic heterocycles. The third kappa shape index (κ3) is 4.09. The first-order valence-electron chi connectivity index (χ1n) is 9.15. The van der Waals surface area contributed by atoms with Crippen LogP contribution in [0.2, 0.25) is 0 Å². The Hall–Kier alpha value is -2.17. The van der Waals surface area contributed by atoms with E-state index in [4.69, 9.17) is 19.4 Å². The molecule has 0 bridgehead atoms. The summed E-state index contributed by atoms with van der Waals surface area (Å²) in [5, 5.41) is 0. The smallest absolute Gasteiger partial charge is 0.236 e. The molecule has 2 rings (SSSR count). The number of hydrogen-bond acceptors (Lipinski definition) is 5. The molecular weight excluding hydrogens is 314 g/mol. The van der Waals surface area contributed by atoms with E-state index < -0.39 is 0 Å². The van der Waals surface area contributed by atoms with Gasteiger partial charge in [0.15, 0.2) is 0 Å². The third-order valence-electron chi connectivity index (χ3n) is 4.42. The largest absolute Gasteiger partial charge is 0.480 e. The van der Waals surface area contributed by atoms with Crippen LogP contribution in [0.15, 0.2) is 12.3 Å². The van der Waals surface area contributed by atoms with E-state index in [2.05, 4.69) is 32.7 Å². The van der Waals surface area contributed by atoms with Gasteiger partial charge in [-0.25, -0.2) is 15.0 Å².